The van der Waals surface area contributed by atoms with Crippen LogP contribution < -0.4 is 11.1 Å². The molecule has 0 fully saturated rings. The lowest BCUT2D eigenvalue weighted by Crippen LogP contribution is -2.02. The van der Waals surface area contributed by atoms with E-state index in [0.29, 0.717) is 5.82 Å². The number of hydrogen-bond acceptors (Lipinski definition) is 6. The maximum atomic E-state index is 8.58. The topological polar surface area (TPSA) is 116 Å². The van der Waals surface area contributed by atoms with Crippen molar-refractivity contribution in [2.24, 2.45) is 12.8 Å². The van der Waals surface area contributed by atoms with Crippen LogP contribution in [0.25, 0.3) is 28.2 Å². The van der Waals surface area contributed by atoms with Gasteiger partial charge in [-0.2, -0.15) is 10.2 Å². The van der Waals surface area contributed by atoms with Crippen LogP contribution in [0.2, 0.25) is 0 Å². The number of nitrogens with two attached hydrogens (primary N) is 1. The SMILES string of the molecule is Cc1ccc(-c2ccnn2C)cc1Nc1ncnn2c(-c3ccccc3)ncc12.NC=O. The van der Waals surface area contributed by atoms with Crippen molar-refractivity contribution in [2.45, 2.75) is 6.92 Å². The molecule has 9 heteroatoms. The fraction of sp³-hybridized carbons (Fsp3) is 0.0870. The highest BCUT2D eigenvalue weighted by molar-refractivity contribution is 5.78. The second-order valence-corrected chi connectivity index (χ2v) is 6.98. The molecule has 0 aliphatic heterocycles. The minimum atomic E-state index is 0.250. The molecule has 0 aliphatic rings. The van der Waals surface area contributed by atoms with Crippen LogP contribution in [0.4, 0.5) is 11.5 Å². The zero-order valence-electron chi connectivity index (χ0n) is 17.7. The molecule has 0 aliphatic carbocycles. The molecule has 0 spiro atoms. The van der Waals surface area contributed by atoms with Gasteiger partial charge in [0.2, 0.25) is 6.41 Å². The second kappa shape index (κ2) is 9.09. The maximum Gasteiger partial charge on any atom is 0.204 e. The number of nitrogens with one attached hydrogen (secondary N) is 1. The quantitative estimate of drug-likeness (QED) is 0.426. The minimum absolute atomic E-state index is 0.250. The number of nitrogens with zero attached hydrogens (tertiary/aromatic N) is 6. The molecule has 0 saturated heterocycles. The molecule has 1 amide bonds. The fourth-order valence-electron chi connectivity index (χ4n) is 3.41. The van der Waals surface area contributed by atoms with Crippen molar-refractivity contribution in [3.8, 4) is 22.6 Å². The van der Waals surface area contributed by atoms with Gasteiger partial charge in [0.05, 0.1) is 11.9 Å². The Labute approximate surface area is 184 Å². The Balaban J connectivity index is 0.000000775. The first kappa shape index (κ1) is 20.7. The van der Waals surface area contributed by atoms with Crippen LogP contribution >= 0.6 is 0 Å². The minimum Gasteiger partial charge on any atom is -0.372 e. The van der Waals surface area contributed by atoms with Crippen LogP contribution in [-0.2, 0) is 11.8 Å². The molecule has 32 heavy (non-hydrogen) atoms. The third-order valence-electron chi connectivity index (χ3n) is 4.97. The van der Waals surface area contributed by atoms with Gasteiger partial charge in [0, 0.05) is 30.1 Å². The number of benzene rings is 2. The van der Waals surface area contributed by atoms with Gasteiger partial charge < -0.3 is 11.1 Å². The number of imidazole rings is 1. The van der Waals surface area contributed by atoms with Crippen LogP contribution in [0.1, 0.15) is 5.56 Å². The maximum absolute atomic E-state index is 8.58. The Morgan fingerprint density at radius 3 is 2.50 bits per heavy atom. The van der Waals surface area contributed by atoms with Gasteiger partial charge in [0.25, 0.3) is 0 Å². The number of fused-ring (bicyclic) bond motifs is 1. The summed E-state index contributed by atoms with van der Waals surface area (Å²) in [6.45, 7) is 2.07. The number of primary amides is 1. The van der Waals surface area contributed by atoms with Crippen LogP contribution in [0, 0.1) is 6.92 Å². The first-order chi connectivity index (χ1) is 15.6. The molecule has 3 N–H and O–H groups in total. The Hall–Kier alpha value is -4.53. The van der Waals surface area contributed by atoms with Gasteiger partial charge in [-0.3, -0.25) is 9.48 Å². The van der Waals surface area contributed by atoms with E-state index in [1.807, 2.05) is 52.6 Å². The summed E-state index contributed by atoms with van der Waals surface area (Å²) in [7, 11) is 1.94. The molecule has 9 nitrogen and oxygen atoms in total. The zero-order chi connectivity index (χ0) is 22.5. The first-order valence-corrected chi connectivity index (χ1v) is 9.88. The Kier molecular flexibility index (Phi) is 5.89. The van der Waals surface area contributed by atoms with Crippen molar-refractivity contribution in [1.29, 1.82) is 0 Å². The summed E-state index contributed by atoms with van der Waals surface area (Å²) in [5.41, 5.74) is 10.2. The fourth-order valence-corrected chi connectivity index (χ4v) is 3.41. The smallest absolute Gasteiger partial charge is 0.204 e. The van der Waals surface area contributed by atoms with Crippen molar-refractivity contribution in [1.82, 2.24) is 29.4 Å². The molecular formula is C23H22N8O. The molecule has 0 saturated carbocycles. The number of carbonyl (C=O) groups is 1. The van der Waals surface area contributed by atoms with Crippen molar-refractivity contribution >= 4 is 23.4 Å². The van der Waals surface area contributed by atoms with Gasteiger partial charge in [-0.05, 0) is 24.6 Å². The first-order valence-electron chi connectivity index (χ1n) is 9.88. The highest BCUT2D eigenvalue weighted by Crippen LogP contribution is 2.29. The third-order valence-corrected chi connectivity index (χ3v) is 4.97. The molecule has 0 bridgehead atoms. The molecule has 0 unspecified atom stereocenters. The number of aryl methyl sites for hydroxylation is 2. The lowest BCUT2D eigenvalue weighted by molar-refractivity contribution is -0.106. The summed E-state index contributed by atoms with van der Waals surface area (Å²) >= 11 is 0. The summed E-state index contributed by atoms with van der Waals surface area (Å²) in [5.74, 6) is 1.49. The normalized spacial score (nSPS) is 10.4. The molecule has 0 atom stereocenters. The predicted octanol–water partition coefficient (Wildman–Crippen LogP) is 3.35. The van der Waals surface area contributed by atoms with Gasteiger partial charge in [0.15, 0.2) is 11.6 Å². The summed E-state index contributed by atoms with van der Waals surface area (Å²) in [5, 5.41) is 12.1. The number of carbonyl (C=O) groups excluding carboxylic acids is 1. The highest BCUT2D eigenvalue weighted by atomic mass is 16.1. The number of anilines is 2. The average molecular weight is 426 g/mol. The zero-order valence-corrected chi connectivity index (χ0v) is 17.7. The Morgan fingerprint density at radius 2 is 1.78 bits per heavy atom. The second-order valence-electron chi connectivity index (χ2n) is 6.98. The van der Waals surface area contributed by atoms with Crippen LogP contribution in [0.5, 0.6) is 0 Å². The van der Waals surface area contributed by atoms with E-state index in [2.05, 4.69) is 56.3 Å². The predicted molar refractivity (Wildman–Crippen MR) is 123 cm³/mol. The van der Waals surface area contributed by atoms with Crippen molar-refractivity contribution in [3.05, 3.63) is 78.9 Å². The standard InChI is InChI=1S/C22H19N7.CH3NO/c1-15-8-9-17(19-10-11-25-28(19)2)12-18(15)27-21-20-13-23-22(29(20)26-14-24-21)16-6-4-3-5-7-16;2-1-3/h3-14H,1-2H3,(H,24,26,27);1H,(H2,2,3). The molecule has 160 valence electrons. The molecular weight excluding hydrogens is 404 g/mol. The van der Waals surface area contributed by atoms with Gasteiger partial charge in [0.1, 0.15) is 11.8 Å². The van der Waals surface area contributed by atoms with Crippen LogP contribution in [-0.4, -0.2) is 35.8 Å². The largest absolute Gasteiger partial charge is 0.372 e. The average Bonchev–Trinajstić information content (AvgIpc) is 3.43. The van der Waals surface area contributed by atoms with E-state index in [4.69, 9.17) is 4.79 Å². The Bertz CT molecular complexity index is 1360. The number of amides is 1. The van der Waals surface area contributed by atoms with Crippen molar-refractivity contribution < 1.29 is 4.79 Å². The number of hydrogen-bond donors (Lipinski definition) is 2. The van der Waals surface area contributed by atoms with E-state index in [1.54, 1.807) is 18.7 Å². The van der Waals surface area contributed by atoms with Crippen LogP contribution in [0.3, 0.4) is 0 Å². The van der Waals surface area contributed by atoms with E-state index in [-0.39, 0.29) is 6.41 Å². The number of rotatable bonds is 4. The van der Waals surface area contributed by atoms with Crippen molar-refractivity contribution in [3.63, 3.8) is 0 Å². The van der Waals surface area contributed by atoms with Crippen LogP contribution in [0.15, 0.2) is 73.3 Å². The van der Waals surface area contributed by atoms with E-state index in [1.165, 1.54) is 0 Å². The van der Waals surface area contributed by atoms with E-state index in [9.17, 15) is 0 Å². The molecule has 5 aromatic rings. The van der Waals surface area contributed by atoms with Gasteiger partial charge in [-0.15, -0.1) is 0 Å². The van der Waals surface area contributed by atoms with E-state index in [0.717, 1.165) is 39.4 Å². The highest BCUT2D eigenvalue weighted by Gasteiger charge is 2.13. The monoisotopic (exact) mass is 426 g/mol. The van der Waals surface area contributed by atoms with Gasteiger partial charge in [-0.1, -0.05) is 42.5 Å². The third kappa shape index (κ3) is 4.04. The van der Waals surface area contributed by atoms with E-state index >= 15 is 0 Å². The molecule has 5 rings (SSSR count). The molecule has 2 aromatic carbocycles. The lowest BCUT2D eigenvalue weighted by atomic mass is 10.1. The van der Waals surface area contributed by atoms with Gasteiger partial charge in [-0.25, -0.2) is 14.5 Å². The number of aromatic nitrogens is 6. The summed E-state index contributed by atoms with van der Waals surface area (Å²) in [6.07, 6.45) is 5.39. The molecule has 3 heterocycles. The van der Waals surface area contributed by atoms with Crippen molar-refractivity contribution in [2.75, 3.05) is 5.32 Å². The Morgan fingerprint density at radius 1 is 1.00 bits per heavy atom. The molecule has 0 radical (unpaired) electrons. The lowest BCUT2D eigenvalue weighted by Gasteiger charge is -2.12. The summed E-state index contributed by atoms with van der Waals surface area (Å²) in [6, 6.07) is 18.3. The van der Waals surface area contributed by atoms with E-state index < -0.39 is 0 Å². The molecule has 3 aromatic heterocycles. The van der Waals surface area contributed by atoms with Gasteiger partial charge >= 0.3 is 0 Å². The summed E-state index contributed by atoms with van der Waals surface area (Å²) in [4.78, 5) is 17.6. The summed E-state index contributed by atoms with van der Waals surface area (Å²) < 4.78 is 3.67.